The molecule has 0 bridgehead atoms. The maximum Gasteiger partial charge on any atom is 0.264 e. The first kappa shape index (κ1) is 14.3. The minimum absolute atomic E-state index is 0.166. The van der Waals surface area contributed by atoms with Crippen LogP contribution in [-0.2, 0) is 0 Å². The summed E-state index contributed by atoms with van der Waals surface area (Å²) in [6.45, 7) is 5.10. The van der Waals surface area contributed by atoms with Crippen molar-refractivity contribution in [3.8, 4) is 11.3 Å². The van der Waals surface area contributed by atoms with Gasteiger partial charge in [0.1, 0.15) is 0 Å². The van der Waals surface area contributed by atoms with Gasteiger partial charge in [0.05, 0.1) is 5.69 Å². The van der Waals surface area contributed by atoms with Gasteiger partial charge in [0.25, 0.3) is 5.56 Å². The molecular formula is C16H21N3O. The van der Waals surface area contributed by atoms with Crippen LogP contribution < -0.4 is 10.9 Å². The van der Waals surface area contributed by atoms with E-state index in [-0.39, 0.29) is 5.56 Å². The predicted octanol–water partition coefficient (Wildman–Crippen LogP) is 3.35. The van der Waals surface area contributed by atoms with E-state index in [2.05, 4.69) is 22.4 Å². The van der Waals surface area contributed by atoms with E-state index in [9.17, 15) is 4.79 Å². The van der Waals surface area contributed by atoms with Gasteiger partial charge in [-0.1, -0.05) is 31.9 Å². The van der Waals surface area contributed by atoms with Crippen molar-refractivity contribution in [2.24, 2.45) is 0 Å². The summed E-state index contributed by atoms with van der Waals surface area (Å²) >= 11 is 0. The molecule has 0 spiro atoms. The SMILES string of the molecule is CCCCCNc1ccc(-c2n[nH]c(=O)cc2C)cc1. The fourth-order valence-electron chi connectivity index (χ4n) is 2.14. The molecule has 2 N–H and O–H groups in total. The smallest absolute Gasteiger partial charge is 0.264 e. The van der Waals surface area contributed by atoms with Crippen LogP contribution >= 0.6 is 0 Å². The van der Waals surface area contributed by atoms with Crippen LogP contribution in [0.4, 0.5) is 5.69 Å². The summed E-state index contributed by atoms with van der Waals surface area (Å²) in [7, 11) is 0. The normalized spacial score (nSPS) is 10.5. The van der Waals surface area contributed by atoms with E-state index < -0.39 is 0 Å². The van der Waals surface area contributed by atoms with Crippen LogP contribution in [0, 0.1) is 6.92 Å². The maximum absolute atomic E-state index is 11.2. The van der Waals surface area contributed by atoms with Crippen molar-refractivity contribution in [3.05, 3.63) is 46.2 Å². The quantitative estimate of drug-likeness (QED) is 0.792. The highest BCUT2D eigenvalue weighted by Crippen LogP contribution is 2.21. The largest absolute Gasteiger partial charge is 0.385 e. The molecular weight excluding hydrogens is 250 g/mol. The van der Waals surface area contributed by atoms with Crippen molar-refractivity contribution in [2.45, 2.75) is 33.1 Å². The zero-order valence-corrected chi connectivity index (χ0v) is 12.1. The molecule has 0 aliphatic rings. The lowest BCUT2D eigenvalue weighted by molar-refractivity contribution is 0.744. The first-order valence-electron chi connectivity index (χ1n) is 7.11. The molecule has 1 heterocycles. The van der Waals surface area contributed by atoms with Gasteiger partial charge in [0.2, 0.25) is 0 Å². The van der Waals surface area contributed by atoms with Gasteiger partial charge in [0, 0.05) is 23.9 Å². The fraction of sp³-hybridized carbons (Fsp3) is 0.375. The molecule has 106 valence electrons. The molecule has 2 aromatic rings. The number of anilines is 1. The van der Waals surface area contributed by atoms with Crippen molar-refractivity contribution in [3.63, 3.8) is 0 Å². The van der Waals surface area contributed by atoms with Gasteiger partial charge in [-0.05, 0) is 31.0 Å². The number of hydrogen-bond acceptors (Lipinski definition) is 3. The minimum atomic E-state index is -0.166. The molecule has 20 heavy (non-hydrogen) atoms. The average molecular weight is 271 g/mol. The van der Waals surface area contributed by atoms with Crippen LogP contribution in [0.25, 0.3) is 11.3 Å². The summed E-state index contributed by atoms with van der Waals surface area (Å²) in [5.41, 5.74) is 3.67. The Morgan fingerprint density at radius 3 is 2.60 bits per heavy atom. The lowest BCUT2D eigenvalue weighted by Crippen LogP contribution is -2.08. The number of aromatic nitrogens is 2. The second-order valence-corrected chi connectivity index (χ2v) is 4.98. The zero-order valence-electron chi connectivity index (χ0n) is 12.1. The number of H-pyrrole nitrogens is 1. The number of aryl methyl sites for hydroxylation is 1. The van der Waals surface area contributed by atoms with Crippen molar-refractivity contribution < 1.29 is 0 Å². The van der Waals surface area contributed by atoms with Gasteiger partial charge in [-0.15, -0.1) is 0 Å². The lowest BCUT2D eigenvalue weighted by Gasteiger charge is -2.08. The topological polar surface area (TPSA) is 57.8 Å². The molecule has 0 fully saturated rings. The first-order chi connectivity index (χ1) is 9.70. The summed E-state index contributed by atoms with van der Waals surface area (Å²) in [4.78, 5) is 11.2. The van der Waals surface area contributed by atoms with Crippen LogP contribution in [0.5, 0.6) is 0 Å². The molecule has 0 aliphatic heterocycles. The average Bonchev–Trinajstić information content (AvgIpc) is 2.45. The van der Waals surface area contributed by atoms with Crippen molar-refractivity contribution in [1.82, 2.24) is 10.2 Å². The summed E-state index contributed by atoms with van der Waals surface area (Å²) in [5, 5.41) is 9.99. The van der Waals surface area contributed by atoms with Gasteiger partial charge in [-0.3, -0.25) is 4.79 Å². The molecule has 1 aromatic carbocycles. The minimum Gasteiger partial charge on any atom is -0.385 e. The van der Waals surface area contributed by atoms with Crippen molar-refractivity contribution in [1.29, 1.82) is 0 Å². The van der Waals surface area contributed by atoms with Crippen molar-refractivity contribution in [2.75, 3.05) is 11.9 Å². The van der Waals surface area contributed by atoms with Gasteiger partial charge < -0.3 is 5.32 Å². The lowest BCUT2D eigenvalue weighted by atomic mass is 10.1. The molecule has 0 radical (unpaired) electrons. The van der Waals surface area contributed by atoms with Crippen molar-refractivity contribution >= 4 is 5.69 Å². The van der Waals surface area contributed by atoms with E-state index in [0.29, 0.717) is 0 Å². The Kier molecular flexibility index (Phi) is 4.93. The third kappa shape index (κ3) is 3.70. The van der Waals surface area contributed by atoms with E-state index in [1.165, 1.54) is 19.3 Å². The number of unbranched alkanes of at least 4 members (excludes halogenated alkanes) is 2. The number of nitrogens with zero attached hydrogens (tertiary/aromatic N) is 1. The van der Waals surface area contributed by atoms with E-state index in [4.69, 9.17) is 0 Å². The van der Waals surface area contributed by atoms with Gasteiger partial charge in [-0.2, -0.15) is 5.10 Å². The highest BCUT2D eigenvalue weighted by molar-refractivity contribution is 5.64. The fourth-order valence-corrected chi connectivity index (χ4v) is 2.14. The van der Waals surface area contributed by atoms with Gasteiger partial charge in [-0.25, -0.2) is 5.10 Å². The molecule has 4 nitrogen and oxygen atoms in total. The van der Waals surface area contributed by atoms with Gasteiger partial charge in [0.15, 0.2) is 0 Å². The van der Waals surface area contributed by atoms with Crippen LogP contribution in [0.2, 0.25) is 0 Å². The highest BCUT2D eigenvalue weighted by atomic mass is 16.1. The standard InChI is InChI=1S/C16H21N3O/c1-3-4-5-10-17-14-8-6-13(7-9-14)16-12(2)11-15(20)18-19-16/h6-9,11,17H,3-5,10H2,1-2H3,(H,18,20). The number of hydrogen-bond donors (Lipinski definition) is 2. The molecule has 0 amide bonds. The Bertz CT molecular complexity index is 602. The molecule has 0 saturated carbocycles. The summed E-state index contributed by atoms with van der Waals surface area (Å²) in [5.74, 6) is 0. The van der Waals surface area contributed by atoms with E-state index in [1.807, 2.05) is 31.2 Å². The Labute approximate surface area is 119 Å². The third-order valence-electron chi connectivity index (χ3n) is 3.27. The van der Waals surface area contributed by atoms with Crippen LogP contribution in [0.3, 0.4) is 0 Å². The summed E-state index contributed by atoms with van der Waals surface area (Å²) < 4.78 is 0. The number of aromatic amines is 1. The Morgan fingerprint density at radius 1 is 1.20 bits per heavy atom. The zero-order chi connectivity index (χ0) is 14.4. The second-order valence-electron chi connectivity index (χ2n) is 4.98. The Morgan fingerprint density at radius 2 is 1.95 bits per heavy atom. The summed E-state index contributed by atoms with van der Waals surface area (Å²) in [6.07, 6.45) is 3.68. The predicted molar refractivity (Wildman–Crippen MR) is 83.0 cm³/mol. The number of rotatable bonds is 6. The van der Waals surface area contributed by atoms with Crippen LogP contribution in [0.1, 0.15) is 31.7 Å². The highest BCUT2D eigenvalue weighted by Gasteiger charge is 2.04. The van der Waals surface area contributed by atoms with E-state index in [1.54, 1.807) is 6.07 Å². The Hall–Kier alpha value is -2.10. The summed E-state index contributed by atoms with van der Waals surface area (Å²) in [6, 6.07) is 9.71. The second kappa shape index (κ2) is 6.89. The molecule has 0 atom stereocenters. The third-order valence-corrected chi connectivity index (χ3v) is 3.27. The Balaban J connectivity index is 2.06. The van der Waals surface area contributed by atoms with E-state index in [0.717, 1.165) is 29.1 Å². The molecule has 0 unspecified atom stereocenters. The molecule has 0 saturated heterocycles. The molecule has 4 heteroatoms. The number of nitrogens with one attached hydrogen (secondary N) is 2. The first-order valence-corrected chi connectivity index (χ1v) is 7.11. The molecule has 2 rings (SSSR count). The van der Waals surface area contributed by atoms with Crippen LogP contribution in [-0.4, -0.2) is 16.7 Å². The monoisotopic (exact) mass is 271 g/mol. The maximum atomic E-state index is 11.2. The van der Waals surface area contributed by atoms with E-state index >= 15 is 0 Å². The molecule has 1 aromatic heterocycles. The number of benzene rings is 1. The van der Waals surface area contributed by atoms with Gasteiger partial charge >= 0.3 is 0 Å². The molecule has 0 aliphatic carbocycles. The van der Waals surface area contributed by atoms with Crippen LogP contribution in [0.15, 0.2) is 35.1 Å².